The molecule has 4 aromatic rings. The summed E-state index contributed by atoms with van der Waals surface area (Å²) in [4.78, 5) is 0. The quantitative estimate of drug-likeness (QED) is 0.434. The molecule has 1 heteroatoms. The molecule has 3 aromatic carbocycles. The van der Waals surface area contributed by atoms with Gasteiger partial charge in [-0.25, -0.2) is 0 Å². The Morgan fingerprint density at radius 1 is 0.565 bits per heavy atom. The van der Waals surface area contributed by atoms with Crippen molar-refractivity contribution in [1.82, 2.24) is 0 Å². The highest BCUT2D eigenvalue weighted by Gasteiger charge is 2.12. The van der Waals surface area contributed by atoms with Gasteiger partial charge in [-0.1, -0.05) is 91.0 Å². The molecule has 23 heavy (non-hydrogen) atoms. The summed E-state index contributed by atoms with van der Waals surface area (Å²) in [6.45, 7) is 0. The molecule has 0 aliphatic rings. The van der Waals surface area contributed by atoms with Crippen LogP contribution in [0.1, 0.15) is 11.3 Å². The smallest absolute Gasteiger partial charge is 0.142 e. The fourth-order valence-corrected chi connectivity index (χ4v) is 2.78. The maximum atomic E-state index is 6.19. The van der Waals surface area contributed by atoms with Crippen LogP contribution in [0, 0.1) is 0 Å². The van der Waals surface area contributed by atoms with E-state index in [1.165, 1.54) is 0 Å². The summed E-state index contributed by atoms with van der Waals surface area (Å²) in [5, 5.41) is 2.28. The Balaban J connectivity index is 1.83. The van der Waals surface area contributed by atoms with Crippen molar-refractivity contribution in [1.29, 1.82) is 0 Å². The topological polar surface area (TPSA) is 13.1 Å². The Morgan fingerprint density at radius 2 is 1.17 bits per heavy atom. The Labute approximate surface area is 135 Å². The van der Waals surface area contributed by atoms with Crippen molar-refractivity contribution in [3.8, 4) is 11.3 Å². The second-order valence-electron chi connectivity index (χ2n) is 5.45. The zero-order valence-corrected chi connectivity index (χ0v) is 12.6. The standard InChI is InChI=1S/C22H16O/c1-3-9-17(10-4-1)15-16-21-19-13-7-8-14-20(19)22(23-21)18-11-5-2-6-12-18/h1-16H/b16-15+. The minimum Gasteiger partial charge on any atom is -0.455 e. The van der Waals surface area contributed by atoms with Gasteiger partial charge in [0.15, 0.2) is 0 Å². The molecule has 0 aliphatic heterocycles. The fourth-order valence-electron chi connectivity index (χ4n) is 2.78. The van der Waals surface area contributed by atoms with Crippen LogP contribution >= 0.6 is 0 Å². The molecule has 0 unspecified atom stereocenters. The molecule has 0 aliphatic carbocycles. The first-order valence-corrected chi connectivity index (χ1v) is 7.72. The van der Waals surface area contributed by atoms with E-state index in [0.29, 0.717) is 0 Å². The summed E-state index contributed by atoms with van der Waals surface area (Å²) in [6.07, 6.45) is 4.13. The summed E-state index contributed by atoms with van der Waals surface area (Å²) in [6, 6.07) is 28.8. The summed E-state index contributed by atoms with van der Waals surface area (Å²) in [5.41, 5.74) is 2.26. The highest BCUT2D eigenvalue weighted by molar-refractivity contribution is 5.99. The minimum atomic E-state index is 0.892. The second kappa shape index (κ2) is 5.98. The first kappa shape index (κ1) is 13.6. The molecule has 0 N–H and O–H groups in total. The lowest BCUT2D eigenvalue weighted by atomic mass is 10.1. The third-order valence-electron chi connectivity index (χ3n) is 3.91. The van der Waals surface area contributed by atoms with Gasteiger partial charge in [-0.15, -0.1) is 0 Å². The molecule has 1 aromatic heterocycles. The van der Waals surface area contributed by atoms with E-state index in [1.54, 1.807) is 0 Å². The average Bonchev–Trinajstić information content (AvgIpc) is 3.01. The maximum absolute atomic E-state index is 6.19. The average molecular weight is 296 g/mol. The Morgan fingerprint density at radius 3 is 1.91 bits per heavy atom. The van der Waals surface area contributed by atoms with Crippen LogP contribution < -0.4 is 0 Å². The Hall–Kier alpha value is -3.06. The van der Waals surface area contributed by atoms with Crippen LogP contribution in [0.4, 0.5) is 0 Å². The second-order valence-corrected chi connectivity index (χ2v) is 5.45. The molecule has 0 bridgehead atoms. The number of hydrogen-bond donors (Lipinski definition) is 0. The molecule has 0 spiro atoms. The van der Waals surface area contributed by atoms with Crippen LogP contribution in [0.15, 0.2) is 89.3 Å². The van der Waals surface area contributed by atoms with Crippen molar-refractivity contribution in [2.45, 2.75) is 0 Å². The summed E-state index contributed by atoms with van der Waals surface area (Å²) >= 11 is 0. The number of fused-ring (bicyclic) bond motifs is 1. The van der Waals surface area contributed by atoms with E-state index in [1.807, 2.05) is 48.5 Å². The van der Waals surface area contributed by atoms with E-state index in [0.717, 1.165) is 33.4 Å². The number of rotatable bonds is 3. The molecule has 4 rings (SSSR count). The van der Waals surface area contributed by atoms with Crippen molar-refractivity contribution < 1.29 is 4.42 Å². The third-order valence-corrected chi connectivity index (χ3v) is 3.91. The summed E-state index contributed by atoms with van der Waals surface area (Å²) in [5.74, 6) is 1.82. The van der Waals surface area contributed by atoms with Gasteiger partial charge in [-0.05, 0) is 11.6 Å². The third kappa shape index (κ3) is 2.69. The predicted molar refractivity (Wildman–Crippen MR) is 97.0 cm³/mol. The van der Waals surface area contributed by atoms with Crippen LogP contribution in [0.2, 0.25) is 0 Å². The molecule has 0 fully saturated rings. The first-order chi connectivity index (χ1) is 11.4. The molecule has 110 valence electrons. The summed E-state index contributed by atoms with van der Waals surface area (Å²) < 4.78 is 6.19. The highest BCUT2D eigenvalue weighted by Crippen LogP contribution is 2.34. The van der Waals surface area contributed by atoms with Crippen LogP contribution in [0.3, 0.4) is 0 Å². The van der Waals surface area contributed by atoms with Crippen LogP contribution in [-0.2, 0) is 0 Å². The van der Waals surface area contributed by atoms with Gasteiger partial charge in [0, 0.05) is 16.3 Å². The van der Waals surface area contributed by atoms with Gasteiger partial charge in [0.1, 0.15) is 11.5 Å². The van der Waals surface area contributed by atoms with E-state index in [2.05, 4.69) is 48.5 Å². The number of furan rings is 1. The zero-order chi connectivity index (χ0) is 15.5. The van der Waals surface area contributed by atoms with Gasteiger partial charge >= 0.3 is 0 Å². The first-order valence-electron chi connectivity index (χ1n) is 7.72. The molecule has 0 saturated heterocycles. The van der Waals surface area contributed by atoms with Crippen molar-refractivity contribution in [3.63, 3.8) is 0 Å². The predicted octanol–water partition coefficient (Wildman–Crippen LogP) is 6.27. The lowest BCUT2D eigenvalue weighted by Gasteiger charge is -1.96. The number of benzene rings is 3. The van der Waals surface area contributed by atoms with Gasteiger partial charge in [-0.3, -0.25) is 0 Å². The molecule has 1 nitrogen and oxygen atoms in total. The van der Waals surface area contributed by atoms with Crippen molar-refractivity contribution in [2.75, 3.05) is 0 Å². The van der Waals surface area contributed by atoms with Crippen molar-refractivity contribution in [3.05, 3.63) is 96.3 Å². The lowest BCUT2D eigenvalue weighted by Crippen LogP contribution is -1.73. The molecule has 1 heterocycles. The molecule has 0 saturated carbocycles. The van der Waals surface area contributed by atoms with Crippen molar-refractivity contribution >= 4 is 22.9 Å². The van der Waals surface area contributed by atoms with E-state index in [4.69, 9.17) is 4.42 Å². The van der Waals surface area contributed by atoms with Crippen LogP contribution in [-0.4, -0.2) is 0 Å². The molecular formula is C22H16O. The van der Waals surface area contributed by atoms with Crippen LogP contribution in [0.25, 0.3) is 34.2 Å². The Kier molecular flexibility index (Phi) is 3.53. The molecular weight excluding hydrogens is 280 g/mol. The monoisotopic (exact) mass is 296 g/mol. The number of hydrogen-bond acceptors (Lipinski definition) is 1. The van der Waals surface area contributed by atoms with E-state index < -0.39 is 0 Å². The lowest BCUT2D eigenvalue weighted by molar-refractivity contribution is 0.577. The normalized spacial score (nSPS) is 11.3. The van der Waals surface area contributed by atoms with Gasteiger partial charge < -0.3 is 4.42 Å². The molecule has 0 amide bonds. The van der Waals surface area contributed by atoms with E-state index in [-0.39, 0.29) is 0 Å². The largest absolute Gasteiger partial charge is 0.455 e. The van der Waals surface area contributed by atoms with Gasteiger partial charge in [-0.2, -0.15) is 0 Å². The maximum Gasteiger partial charge on any atom is 0.142 e. The van der Waals surface area contributed by atoms with Gasteiger partial charge in [0.2, 0.25) is 0 Å². The van der Waals surface area contributed by atoms with Crippen LogP contribution in [0.5, 0.6) is 0 Å². The molecule has 0 radical (unpaired) electrons. The van der Waals surface area contributed by atoms with Crippen molar-refractivity contribution in [2.24, 2.45) is 0 Å². The minimum absolute atomic E-state index is 0.892. The fraction of sp³-hybridized carbons (Fsp3) is 0. The SMILES string of the molecule is C(=C\c1oc(-c2ccccc2)c2ccccc12)/c1ccccc1. The zero-order valence-electron chi connectivity index (χ0n) is 12.6. The van der Waals surface area contributed by atoms with Gasteiger partial charge in [0.25, 0.3) is 0 Å². The van der Waals surface area contributed by atoms with E-state index >= 15 is 0 Å². The highest BCUT2D eigenvalue weighted by atomic mass is 16.3. The molecule has 0 atom stereocenters. The van der Waals surface area contributed by atoms with E-state index in [9.17, 15) is 0 Å². The van der Waals surface area contributed by atoms with Gasteiger partial charge in [0.05, 0.1) is 0 Å². The summed E-state index contributed by atoms with van der Waals surface area (Å²) in [7, 11) is 0. The Bertz CT molecular complexity index is 947.